The molecule has 2 N–H and O–H groups in total. The van der Waals surface area contributed by atoms with Crippen LogP contribution in [0.3, 0.4) is 0 Å². The molecule has 3 rings (SSSR count). The average molecular weight is 271 g/mol. The quantitative estimate of drug-likeness (QED) is 0.879. The van der Waals surface area contributed by atoms with Crippen molar-refractivity contribution in [2.75, 3.05) is 0 Å². The van der Waals surface area contributed by atoms with Gasteiger partial charge in [-0.15, -0.1) is 0 Å². The molecule has 2 aromatic rings. The van der Waals surface area contributed by atoms with Crippen LogP contribution in [0.2, 0.25) is 0 Å². The Morgan fingerprint density at radius 2 is 2.10 bits per heavy atom. The average Bonchev–Trinajstić information content (AvgIpc) is 2.92. The molecule has 0 spiro atoms. The van der Waals surface area contributed by atoms with E-state index < -0.39 is 0 Å². The number of pyridine rings is 1. The summed E-state index contributed by atoms with van der Waals surface area (Å²) in [6.07, 6.45) is 7.46. The highest BCUT2D eigenvalue weighted by molar-refractivity contribution is 5.59. The highest BCUT2D eigenvalue weighted by Gasteiger charge is 2.24. The van der Waals surface area contributed by atoms with E-state index in [9.17, 15) is 9.90 Å². The third-order valence-corrected chi connectivity index (χ3v) is 3.97. The maximum absolute atomic E-state index is 12.3. The standard InChI is InChI=1S/C15H17N3O2/c1-9-8-16-7-6-11(9)13-17-14(19)12(15(20)18-13)10-4-2-3-5-10/h6-8,10H,2-5H2,1H3,(H2,17,18,19,20). The van der Waals surface area contributed by atoms with E-state index >= 15 is 0 Å². The molecule has 0 aromatic carbocycles. The third-order valence-electron chi connectivity index (χ3n) is 3.97. The van der Waals surface area contributed by atoms with Crippen LogP contribution < -0.4 is 5.56 Å². The Bertz CT molecular complexity index is 688. The van der Waals surface area contributed by atoms with Gasteiger partial charge in [0.05, 0.1) is 5.56 Å². The Labute approximate surface area is 116 Å². The predicted molar refractivity (Wildman–Crippen MR) is 75.7 cm³/mol. The minimum Gasteiger partial charge on any atom is -0.493 e. The smallest absolute Gasteiger partial charge is 0.258 e. The molecule has 0 atom stereocenters. The van der Waals surface area contributed by atoms with Crippen LogP contribution in [-0.2, 0) is 0 Å². The van der Waals surface area contributed by atoms with Crippen molar-refractivity contribution < 1.29 is 5.11 Å². The van der Waals surface area contributed by atoms with Gasteiger partial charge < -0.3 is 10.1 Å². The summed E-state index contributed by atoms with van der Waals surface area (Å²) in [5.41, 5.74) is 1.91. The number of aromatic hydroxyl groups is 1. The first-order chi connectivity index (χ1) is 9.66. The maximum Gasteiger partial charge on any atom is 0.258 e. The topological polar surface area (TPSA) is 78.9 Å². The van der Waals surface area contributed by atoms with Gasteiger partial charge in [-0.05, 0) is 37.3 Å². The fraction of sp³-hybridized carbons (Fsp3) is 0.400. The van der Waals surface area contributed by atoms with E-state index in [2.05, 4.69) is 15.0 Å². The molecule has 5 nitrogen and oxygen atoms in total. The summed E-state index contributed by atoms with van der Waals surface area (Å²) in [5.74, 6) is 0.403. The number of nitrogens with one attached hydrogen (secondary N) is 1. The Kier molecular flexibility index (Phi) is 3.26. The summed E-state index contributed by atoms with van der Waals surface area (Å²) in [7, 11) is 0. The first-order valence-electron chi connectivity index (χ1n) is 6.91. The van der Waals surface area contributed by atoms with Crippen LogP contribution in [0.15, 0.2) is 23.3 Å². The summed E-state index contributed by atoms with van der Waals surface area (Å²) in [6.45, 7) is 1.89. The molecule has 1 aliphatic carbocycles. The van der Waals surface area contributed by atoms with Crippen molar-refractivity contribution in [3.63, 3.8) is 0 Å². The van der Waals surface area contributed by atoms with Gasteiger partial charge in [0.2, 0.25) is 5.88 Å². The van der Waals surface area contributed by atoms with E-state index in [1.54, 1.807) is 18.5 Å². The summed E-state index contributed by atoms with van der Waals surface area (Å²) in [5, 5.41) is 10.1. The zero-order chi connectivity index (χ0) is 14.1. The van der Waals surface area contributed by atoms with Gasteiger partial charge in [0.1, 0.15) is 5.82 Å². The van der Waals surface area contributed by atoms with Gasteiger partial charge in [-0.25, -0.2) is 0 Å². The zero-order valence-electron chi connectivity index (χ0n) is 11.4. The lowest BCUT2D eigenvalue weighted by Gasteiger charge is -2.11. The Morgan fingerprint density at radius 3 is 2.75 bits per heavy atom. The number of rotatable bonds is 2. The van der Waals surface area contributed by atoms with Crippen LogP contribution >= 0.6 is 0 Å². The molecule has 0 bridgehead atoms. The number of H-pyrrole nitrogens is 1. The van der Waals surface area contributed by atoms with Gasteiger partial charge in [0, 0.05) is 18.0 Å². The lowest BCUT2D eigenvalue weighted by molar-refractivity contribution is 0.436. The molecular weight excluding hydrogens is 254 g/mol. The molecule has 2 aromatic heterocycles. The summed E-state index contributed by atoms with van der Waals surface area (Å²) in [4.78, 5) is 23.3. The van der Waals surface area contributed by atoms with Crippen LogP contribution in [0.25, 0.3) is 11.4 Å². The molecule has 1 fully saturated rings. The molecule has 2 heterocycles. The molecule has 20 heavy (non-hydrogen) atoms. The fourth-order valence-electron chi connectivity index (χ4n) is 2.92. The molecule has 1 saturated carbocycles. The van der Waals surface area contributed by atoms with Crippen molar-refractivity contribution in [2.24, 2.45) is 0 Å². The molecule has 0 unspecified atom stereocenters. The highest BCUT2D eigenvalue weighted by atomic mass is 16.3. The van der Waals surface area contributed by atoms with Gasteiger partial charge in [0.25, 0.3) is 5.56 Å². The second kappa shape index (κ2) is 5.07. The van der Waals surface area contributed by atoms with Gasteiger partial charge >= 0.3 is 0 Å². The van der Waals surface area contributed by atoms with Gasteiger partial charge in [0.15, 0.2) is 0 Å². The highest BCUT2D eigenvalue weighted by Crippen LogP contribution is 2.36. The number of aromatic nitrogens is 3. The molecular formula is C15H17N3O2. The Hall–Kier alpha value is -2.17. The van der Waals surface area contributed by atoms with E-state index in [1.807, 2.05) is 6.92 Å². The van der Waals surface area contributed by atoms with Crippen LogP contribution in [0.1, 0.15) is 42.7 Å². The number of hydrogen-bond donors (Lipinski definition) is 2. The van der Waals surface area contributed by atoms with Gasteiger partial charge in [-0.1, -0.05) is 12.8 Å². The number of aromatic amines is 1. The van der Waals surface area contributed by atoms with Crippen molar-refractivity contribution in [3.05, 3.63) is 39.9 Å². The second-order valence-electron chi connectivity index (χ2n) is 5.32. The van der Waals surface area contributed by atoms with E-state index in [0.717, 1.165) is 36.8 Å². The minimum atomic E-state index is -0.226. The third kappa shape index (κ3) is 2.19. The monoisotopic (exact) mass is 271 g/mol. The first kappa shape index (κ1) is 12.8. The van der Waals surface area contributed by atoms with Crippen LogP contribution in [-0.4, -0.2) is 20.1 Å². The molecule has 1 aliphatic rings. The lowest BCUT2D eigenvalue weighted by Crippen LogP contribution is -2.17. The van der Waals surface area contributed by atoms with Crippen molar-refractivity contribution in [3.8, 4) is 17.3 Å². The van der Waals surface area contributed by atoms with Crippen LogP contribution in [0.4, 0.5) is 0 Å². The van der Waals surface area contributed by atoms with Crippen LogP contribution in [0, 0.1) is 6.92 Å². The van der Waals surface area contributed by atoms with Gasteiger partial charge in [-0.3, -0.25) is 9.78 Å². The zero-order valence-corrected chi connectivity index (χ0v) is 11.4. The summed E-state index contributed by atoms with van der Waals surface area (Å²) < 4.78 is 0. The Balaban J connectivity index is 2.08. The van der Waals surface area contributed by atoms with Crippen molar-refractivity contribution in [2.45, 2.75) is 38.5 Å². The normalized spacial score (nSPS) is 15.7. The molecule has 104 valence electrons. The molecule has 5 heteroatoms. The number of nitrogens with zero attached hydrogens (tertiary/aromatic N) is 2. The largest absolute Gasteiger partial charge is 0.493 e. The summed E-state index contributed by atoms with van der Waals surface area (Å²) >= 11 is 0. The molecule has 0 saturated heterocycles. The minimum absolute atomic E-state index is 0.133. The molecule has 0 amide bonds. The van der Waals surface area contributed by atoms with Crippen molar-refractivity contribution >= 4 is 0 Å². The van der Waals surface area contributed by atoms with E-state index in [1.165, 1.54) is 0 Å². The molecule has 0 radical (unpaired) electrons. The van der Waals surface area contributed by atoms with E-state index in [4.69, 9.17) is 0 Å². The fourth-order valence-corrected chi connectivity index (χ4v) is 2.92. The van der Waals surface area contributed by atoms with Crippen molar-refractivity contribution in [1.29, 1.82) is 0 Å². The van der Waals surface area contributed by atoms with Gasteiger partial charge in [-0.2, -0.15) is 4.98 Å². The predicted octanol–water partition coefficient (Wildman–Crippen LogP) is 2.50. The molecule has 0 aliphatic heterocycles. The number of hydrogen-bond acceptors (Lipinski definition) is 4. The maximum atomic E-state index is 12.3. The van der Waals surface area contributed by atoms with E-state index in [-0.39, 0.29) is 17.4 Å². The summed E-state index contributed by atoms with van der Waals surface area (Å²) in [6, 6.07) is 1.78. The Morgan fingerprint density at radius 1 is 1.35 bits per heavy atom. The van der Waals surface area contributed by atoms with Crippen LogP contribution in [0.5, 0.6) is 5.88 Å². The first-order valence-corrected chi connectivity index (χ1v) is 6.91. The number of aryl methyl sites for hydroxylation is 1. The van der Waals surface area contributed by atoms with Crippen molar-refractivity contribution in [1.82, 2.24) is 15.0 Å². The van der Waals surface area contributed by atoms with E-state index in [0.29, 0.717) is 11.4 Å². The second-order valence-corrected chi connectivity index (χ2v) is 5.32. The lowest BCUT2D eigenvalue weighted by atomic mass is 10.00. The SMILES string of the molecule is Cc1cnccc1-c1nc(O)c(C2CCCC2)c(=O)[nH]1.